The van der Waals surface area contributed by atoms with Gasteiger partial charge in [-0.1, -0.05) is 6.07 Å². The third-order valence-corrected chi connectivity index (χ3v) is 2.69. The Morgan fingerprint density at radius 1 is 1.43 bits per heavy atom. The van der Waals surface area contributed by atoms with Crippen molar-refractivity contribution >= 4 is 23.1 Å². The predicted molar refractivity (Wildman–Crippen MR) is 76.3 cm³/mol. The van der Waals surface area contributed by atoms with E-state index in [9.17, 15) is 14.9 Å². The van der Waals surface area contributed by atoms with Crippen LogP contribution < -0.4 is 15.8 Å². The fourth-order valence-electron chi connectivity index (χ4n) is 1.65. The number of amides is 1. The van der Waals surface area contributed by atoms with E-state index in [1.54, 1.807) is 24.3 Å². The van der Waals surface area contributed by atoms with Crippen LogP contribution in [0.4, 0.5) is 17.2 Å². The number of carbonyl (C=O) groups excluding carboxylic acids is 1. The van der Waals surface area contributed by atoms with Gasteiger partial charge in [0.15, 0.2) is 0 Å². The Hall–Kier alpha value is -3.16. The zero-order chi connectivity index (χ0) is 15.4. The molecule has 0 fully saturated rings. The van der Waals surface area contributed by atoms with Crippen molar-refractivity contribution in [3.63, 3.8) is 0 Å². The maximum atomic E-state index is 12.1. The van der Waals surface area contributed by atoms with E-state index >= 15 is 0 Å². The second kappa shape index (κ2) is 5.87. The van der Waals surface area contributed by atoms with E-state index in [0.29, 0.717) is 11.4 Å². The van der Waals surface area contributed by atoms with Crippen molar-refractivity contribution in [3.05, 3.63) is 52.2 Å². The molecule has 1 heterocycles. The molecule has 2 rings (SSSR count). The number of benzene rings is 1. The molecule has 0 bridgehead atoms. The smallest absolute Gasteiger partial charge is 0.288 e. The van der Waals surface area contributed by atoms with Gasteiger partial charge in [0, 0.05) is 17.8 Å². The van der Waals surface area contributed by atoms with E-state index in [4.69, 9.17) is 10.5 Å². The van der Waals surface area contributed by atoms with E-state index in [2.05, 4.69) is 10.3 Å². The van der Waals surface area contributed by atoms with Crippen LogP contribution in [0, 0.1) is 10.1 Å². The Kier molecular flexibility index (Phi) is 3.98. The fourth-order valence-corrected chi connectivity index (χ4v) is 1.65. The van der Waals surface area contributed by atoms with E-state index in [1.165, 1.54) is 7.11 Å². The van der Waals surface area contributed by atoms with Gasteiger partial charge in [-0.2, -0.15) is 0 Å². The molecule has 2 aromatic rings. The SMILES string of the molecule is COc1cccc(NC(=O)c2cc([N+](=O)[O-])cnc2N)c1. The van der Waals surface area contributed by atoms with Gasteiger partial charge < -0.3 is 15.8 Å². The number of aromatic nitrogens is 1. The summed E-state index contributed by atoms with van der Waals surface area (Å²) in [4.78, 5) is 25.8. The molecule has 0 spiro atoms. The first-order valence-corrected chi connectivity index (χ1v) is 5.86. The molecular weight excluding hydrogens is 276 g/mol. The van der Waals surface area contributed by atoms with Crippen molar-refractivity contribution in [2.24, 2.45) is 0 Å². The van der Waals surface area contributed by atoms with Gasteiger partial charge in [-0.25, -0.2) is 4.98 Å². The predicted octanol–water partition coefficient (Wildman–Crippen LogP) is 1.83. The molecule has 0 aliphatic heterocycles. The molecule has 8 heteroatoms. The highest BCUT2D eigenvalue weighted by Gasteiger charge is 2.16. The Bertz CT molecular complexity index is 702. The number of ether oxygens (including phenoxy) is 1. The number of methoxy groups -OCH3 is 1. The molecule has 0 saturated carbocycles. The molecule has 1 aromatic carbocycles. The number of carbonyl (C=O) groups is 1. The minimum atomic E-state index is -0.644. The van der Waals surface area contributed by atoms with Crippen molar-refractivity contribution in [1.29, 1.82) is 0 Å². The van der Waals surface area contributed by atoms with Crippen molar-refractivity contribution in [2.45, 2.75) is 0 Å². The molecule has 21 heavy (non-hydrogen) atoms. The number of hydrogen-bond acceptors (Lipinski definition) is 6. The van der Waals surface area contributed by atoms with Crippen LogP contribution in [0.5, 0.6) is 5.75 Å². The first kappa shape index (κ1) is 14.3. The molecule has 0 saturated heterocycles. The zero-order valence-corrected chi connectivity index (χ0v) is 11.1. The summed E-state index contributed by atoms with van der Waals surface area (Å²) in [6.07, 6.45) is 0.998. The van der Waals surface area contributed by atoms with Gasteiger partial charge in [0.1, 0.15) is 17.8 Å². The summed E-state index contributed by atoms with van der Waals surface area (Å²) >= 11 is 0. The van der Waals surface area contributed by atoms with E-state index in [1.807, 2.05) is 0 Å². The van der Waals surface area contributed by atoms with Gasteiger partial charge in [0.2, 0.25) is 0 Å². The minimum Gasteiger partial charge on any atom is -0.497 e. The van der Waals surface area contributed by atoms with Crippen LogP contribution >= 0.6 is 0 Å². The lowest BCUT2D eigenvalue weighted by Crippen LogP contribution is -2.15. The van der Waals surface area contributed by atoms with Gasteiger partial charge in [-0.15, -0.1) is 0 Å². The average Bonchev–Trinajstić information content (AvgIpc) is 2.47. The monoisotopic (exact) mass is 288 g/mol. The lowest BCUT2D eigenvalue weighted by atomic mass is 10.2. The normalized spacial score (nSPS) is 9.95. The Labute approximate surface area is 119 Å². The summed E-state index contributed by atoms with van der Waals surface area (Å²) in [5.74, 6) is -0.101. The van der Waals surface area contributed by atoms with Crippen molar-refractivity contribution in [2.75, 3.05) is 18.2 Å². The molecule has 108 valence electrons. The van der Waals surface area contributed by atoms with Crippen molar-refractivity contribution < 1.29 is 14.5 Å². The van der Waals surface area contributed by atoms with Crippen molar-refractivity contribution in [1.82, 2.24) is 4.98 Å². The molecular formula is C13H12N4O4. The molecule has 0 radical (unpaired) electrons. The summed E-state index contributed by atoms with van der Waals surface area (Å²) in [5, 5.41) is 13.3. The maximum absolute atomic E-state index is 12.1. The summed E-state index contributed by atoms with van der Waals surface area (Å²) < 4.78 is 5.04. The highest BCUT2D eigenvalue weighted by Crippen LogP contribution is 2.20. The molecule has 0 atom stereocenters. The number of nitrogens with zero attached hydrogens (tertiary/aromatic N) is 2. The van der Waals surface area contributed by atoms with Crippen LogP contribution in [0.3, 0.4) is 0 Å². The third kappa shape index (κ3) is 3.24. The van der Waals surface area contributed by atoms with Crippen LogP contribution in [0.1, 0.15) is 10.4 Å². The zero-order valence-electron chi connectivity index (χ0n) is 11.1. The Morgan fingerprint density at radius 2 is 2.19 bits per heavy atom. The van der Waals surface area contributed by atoms with Crippen LogP contribution in [0.25, 0.3) is 0 Å². The number of hydrogen-bond donors (Lipinski definition) is 2. The average molecular weight is 288 g/mol. The van der Waals surface area contributed by atoms with Crippen LogP contribution in [-0.2, 0) is 0 Å². The van der Waals surface area contributed by atoms with Crippen LogP contribution in [0.15, 0.2) is 36.5 Å². The quantitative estimate of drug-likeness (QED) is 0.654. The second-order valence-electron chi connectivity index (χ2n) is 4.07. The van der Waals surface area contributed by atoms with Crippen LogP contribution in [0.2, 0.25) is 0 Å². The number of rotatable bonds is 4. The Morgan fingerprint density at radius 3 is 2.86 bits per heavy atom. The number of nitrogens with two attached hydrogens (primary N) is 1. The molecule has 3 N–H and O–H groups in total. The largest absolute Gasteiger partial charge is 0.497 e. The molecule has 1 amide bonds. The number of anilines is 2. The third-order valence-electron chi connectivity index (χ3n) is 2.69. The number of nitro groups is 1. The van der Waals surface area contributed by atoms with E-state index in [-0.39, 0.29) is 17.1 Å². The van der Waals surface area contributed by atoms with Gasteiger partial charge in [0.05, 0.1) is 17.6 Å². The highest BCUT2D eigenvalue weighted by molar-refractivity contribution is 6.07. The van der Waals surface area contributed by atoms with Gasteiger partial charge in [-0.05, 0) is 12.1 Å². The molecule has 0 aliphatic carbocycles. The van der Waals surface area contributed by atoms with Gasteiger partial charge in [-0.3, -0.25) is 14.9 Å². The first-order valence-electron chi connectivity index (χ1n) is 5.86. The van der Waals surface area contributed by atoms with Gasteiger partial charge >= 0.3 is 0 Å². The highest BCUT2D eigenvalue weighted by atomic mass is 16.6. The molecule has 0 aliphatic rings. The summed E-state index contributed by atoms with van der Waals surface area (Å²) in [6, 6.07) is 7.76. The standard InChI is InChI=1S/C13H12N4O4/c1-21-10-4-2-3-8(5-10)16-13(18)11-6-9(17(19)20)7-15-12(11)14/h2-7H,1H3,(H2,14,15)(H,16,18). The number of pyridine rings is 1. The fraction of sp³-hybridized carbons (Fsp3) is 0.0769. The topological polar surface area (TPSA) is 120 Å². The van der Waals surface area contributed by atoms with E-state index < -0.39 is 10.8 Å². The Balaban J connectivity index is 2.27. The number of nitrogens with one attached hydrogen (secondary N) is 1. The lowest BCUT2D eigenvalue weighted by molar-refractivity contribution is -0.385. The van der Waals surface area contributed by atoms with Crippen LogP contribution in [-0.4, -0.2) is 22.9 Å². The number of nitrogen functional groups attached to an aromatic ring is 1. The van der Waals surface area contributed by atoms with Gasteiger partial charge in [0.25, 0.3) is 11.6 Å². The van der Waals surface area contributed by atoms with Crippen molar-refractivity contribution in [3.8, 4) is 5.75 Å². The maximum Gasteiger partial charge on any atom is 0.288 e. The molecule has 1 aromatic heterocycles. The first-order chi connectivity index (χ1) is 10.0. The molecule has 8 nitrogen and oxygen atoms in total. The summed E-state index contributed by atoms with van der Waals surface area (Å²) in [5.41, 5.74) is 5.69. The van der Waals surface area contributed by atoms with E-state index in [0.717, 1.165) is 12.3 Å². The summed E-state index contributed by atoms with van der Waals surface area (Å²) in [7, 11) is 1.50. The molecule has 0 unspecified atom stereocenters. The summed E-state index contributed by atoms with van der Waals surface area (Å²) in [6.45, 7) is 0. The second-order valence-corrected chi connectivity index (χ2v) is 4.07. The minimum absolute atomic E-state index is 0.0629. The lowest BCUT2D eigenvalue weighted by Gasteiger charge is -2.08.